The molecule has 1 atom stereocenters. The summed E-state index contributed by atoms with van der Waals surface area (Å²) in [6.07, 6.45) is 4.40. The molecule has 27 heavy (non-hydrogen) atoms. The molecule has 0 fully saturated rings. The number of hydrogen-bond acceptors (Lipinski definition) is 3. The van der Waals surface area contributed by atoms with E-state index in [0.717, 1.165) is 16.7 Å². The number of carbonyl (C=O) groups excluding carboxylic acids is 1. The van der Waals surface area contributed by atoms with Crippen LogP contribution in [0.5, 0.6) is 0 Å². The van der Waals surface area contributed by atoms with E-state index >= 15 is 0 Å². The summed E-state index contributed by atoms with van der Waals surface area (Å²) in [5.41, 5.74) is 10.1. The molecular formula is C24H23NO2. The monoisotopic (exact) mass is 357 g/mol. The minimum Gasteiger partial charge on any atom is -0.454 e. The second kappa shape index (κ2) is 8.86. The number of anilines is 1. The first-order valence-electron chi connectivity index (χ1n) is 9.00. The number of benzene rings is 3. The van der Waals surface area contributed by atoms with Crippen LogP contribution in [0.2, 0.25) is 0 Å². The van der Waals surface area contributed by atoms with Gasteiger partial charge >= 0.3 is 5.97 Å². The smallest absolute Gasteiger partial charge is 0.340 e. The molecule has 0 aliphatic rings. The molecule has 2 N–H and O–H groups in total. The number of rotatable bonds is 6. The number of nitrogens with two attached hydrogens (primary N) is 1. The zero-order valence-corrected chi connectivity index (χ0v) is 15.3. The Morgan fingerprint density at radius 1 is 0.963 bits per heavy atom. The summed E-state index contributed by atoms with van der Waals surface area (Å²) in [7, 11) is 0. The van der Waals surface area contributed by atoms with E-state index in [1.807, 2.05) is 91.9 Å². The van der Waals surface area contributed by atoms with Gasteiger partial charge < -0.3 is 10.5 Å². The fourth-order valence-corrected chi connectivity index (χ4v) is 2.87. The summed E-state index contributed by atoms with van der Waals surface area (Å²) in [5.74, 6) is -0.405. The third-order valence-electron chi connectivity index (χ3n) is 4.42. The summed E-state index contributed by atoms with van der Waals surface area (Å²) in [6, 6.07) is 25.2. The third kappa shape index (κ3) is 4.85. The van der Waals surface area contributed by atoms with Gasteiger partial charge in [0.1, 0.15) is 6.10 Å². The quantitative estimate of drug-likeness (QED) is 0.472. The van der Waals surface area contributed by atoms with Crippen molar-refractivity contribution in [1.82, 2.24) is 0 Å². The molecule has 0 aliphatic heterocycles. The van der Waals surface area contributed by atoms with Crippen LogP contribution in [0.1, 0.15) is 40.1 Å². The Hall–Kier alpha value is -3.33. The third-order valence-corrected chi connectivity index (χ3v) is 4.42. The fraction of sp³-hybridized carbons (Fsp3) is 0.125. The molecule has 3 rings (SSSR count). The molecule has 0 radical (unpaired) electrons. The van der Waals surface area contributed by atoms with Crippen LogP contribution in [-0.2, 0) is 11.2 Å². The number of carbonyl (C=O) groups is 1. The molecule has 136 valence electrons. The Morgan fingerprint density at radius 3 is 2.33 bits per heavy atom. The van der Waals surface area contributed by atoms with Crippen LogP contribution in [0.4, 0.5) is 5.69 Å². The van der Waals surface area contributed by atoms with Crippen molar-refractivity contribution in [2.45, 2.75) is 19.4 Å². The normalized spacial score (nSPS) is 12.0. The highest BCUT2D eigenvalue weighted by molar-refractivity contribution is 5.96. The van der Waals surface area contributed by atoms with Crippen LogP contribution in [0.25, 0.3) is 6.08 Å². The van der Waals surface area contributed by atoms with Gasteiger partial charge in [-0.3, -0.25) is 0 Å². The Morgan fingerprint density at radius 2 is 1.63 bits per heavy atom. The summed E-state index contributed by atoms with van der Waals surface area (Å²) < 4.78 is 5.60. The minimum absolute atomic E-state index is 0.334. The molecule has 0 aromatic heterocycles. The molecular weight excluding hydrogens is 334 g/mol. The predicted octanol–water partition coefficient (Wildman–Crippen LogP) is 5.44. The lowest BCUT2D eigenvalue weighted by atomic mass is 10.0. The average molecular weight is 357 g/mol. The summed E-state index contributed by atoms with van der Waals surface area (Å²) >= 11 is 0. The summed E-state index contributed by atoms with van der Waals surface area (Å²) in [5, 5.41) is 0. The molecule has 0 amide bonds. The standard InChI is InChI=1S/C24H23NO2/c1-18(20-13-6-3-7-14-20)27-24(26)22-17-9-16-21(23(22)25)15-8-12-19-10-4-2-5-11-19/h2-14,16-18H,15,25H2,1H3. The zero-order valence-electron chi connectivity index (χ0n) is 15.3. The van der Waals surface area contributed by atoms with Crippen molar-refractivity contribution < 1.29 is 9.53 Å². The molecule has 3 aromatic rings. The van der Waals surface area contributed by atoms with Gasteiger partial charge in [0.05, 0.1) is 5.56 Å². The van der Waals surface area contributed by atoms with Crippen molar-refractivity contribution >= 4 is 17.7 Å². The van der Waals surface area contributed by atoms with E-state index in [4.69, 9.17) is 10.5 Å². The maximum absolute atomic E-state index is 12.6. The van der Waals surface area contributed by atoms with Crippen LogP contribution < -0.4 is 5.73 Å². The van der Waals surface area contributed by atoms with E-state index in [-0.39, 0.29) is 6.10 Å². The number of para-hydroxylation sites is 1. The number of allylic oxidation sites excluding steroid dienone is 1. The van der Waals surface area contributed by atoms with E-state index < -0.39 is 5.97 Å². The van der Waals surface area contributed by atoms with Crippen molar-refractivity contribution in [3.63, 3.8) is 0 Å². The second-order valence-electron chi connectivity index (χ2n) is 6.35. The Kier molecular flexibility index (Phi) is 6.06. The van der Waals surface area contributed by atoms with E-state index in [9.17, 15) is 4.79 Å². The molecule has 0 heterocycles. The van der Waals surface area contributed by atoms with Crippen molar-refractivity contribution in [3.8, 4) is 0 Å². The molecule has 1 unspecified atom stereocenters. The van der Waals surface area contributed by atoms with Crippen molar-refractivity contribution in [3.05, 3.63) is 107 Å². The highest BCUT2D eigenvalue weighted by Gasteiger charge is 2.17. The number of hydrogen-bond donors (Lipinski definition) is 1. The van der Waals surface area contributed by atoms with Crippen LogP contribution >= 0.6 is 0 Å². The molecule has 0 saturated heterocycles. The number of ether oxygens (including phenoxy) is 1. The fourth-order valence-electron chi connectivity index (χ4n) is 2.87. The molecule has 3 aromatic carbocycles. The van der Waals surface area contributed by atoms with Gasteiger partial charge in [0, 0.05) is 5.69 Å². The van der Waals surface area contributed by atoms with E-state index in [0.29, 0.717) is 17.7 Å². The maximum Gasteiger partial charge on any atom is 0.340 e. The van der Waals surface area contributed by atoms with Gasteiger partial charge in [-0.25, -0.2) is 4.79 Å². The van der Waals surface area contributed by atoms with Crippen LogP contribution in [-0.4, -0.2) is 5.97 Å². The molecule has 0 spiro atoms. The van der Waals surface area contributed by atoms with E-state index in [2.05, 4.69) is 0 Å². The predicted molar refractivity (Wildman–Crippen MR) is 110 cm³/mol. The van der Waals surface area contributed by atoms with Gasteiger partial charge in [-0.15, -0.1) is 0 Å². The first kappa shape index (κ1) is 18.5. The molecule has 0 saturated carbocycles. The molecule has 0 aliphatic carbocycles. The highest BCUT2D eigenvalue weighted by Crippen LogP contribution is 2.23. The lowest BCUT2D eigenvalue weighted by molar-refractivity contribution is 0.0339. The summed E-state index contributed by atoms with van der Waals surface area (Å²) in [4.78, 5) is 12.6. The first-order valence-corrected chi connectivity index (χ1v) is 9.00. The maximum atomic E-state index is 12.6. The van der Waals surface area contributed by atoms with Crippen LogP contribution in [0, 0.1) is 0 Å². The number of nitrogen functional groups attached to an aromatic ring is 1. The molecule has 3 nitrogen and oxygen atoms in total. The van der Waals surface area contributed by atoms with Crippen LogP contribution in [0.3, 0.4) is 0 Å². The molecule has 0 bridgehead atoms. The SMILES string of the molecule is CC(OC(=O)c1cccc(CC=Cc2ccccc2)c1N)c1ccccc1. The first-order chi connectivity index (χ1) is 13.1. The van der Waals surface area contributed by atoms with Gasteiger partial charge in [0.2, 0.25) is 0 Å². The van der Waals surface area contributed by atoms with E-state index in [1.165, 1.54) is 0 Å². The second-order valence-corrected chi connectivity index (χ2v) is 6.35. The van der Waals surface area contributed by atoms with Crippen molar-refractivity contribution in [2.75, 3.05) is 5.73 Å². The largest absolute Gasteiger partial charge is 0.454 e. The Bertz CT molecular complexity index is 918. The highest BCUT2D eigenvalue weighted by atomic mass is 16.5. The average Bonchev–Trinajstić information content (AvgIpc) is 2.70. The lowest BCUT2D eigenvalue weighted by Gasteiger charge is -2.15. The van der Waals surface area contributed by atoms with Gasteiger partial charge in [-0.2, -0.15) is 0 Å². The van der Waals surface area contributed by atoms with Gasteiger partial charge in [0.25, 0.3) is 0 Å². The molecule has 3 heteroatoms. The Labute approximate surface area is 160 Å². The minimum atomic E-state index is -0.405. The zero-order chi connectivity index (χ0) is 19.1. The lowest BCUT2D eigenvalue weighted by Crippen LogP contribution is -2.12. The van der Waals surface area contributed by atoms with Crippen LogP contribution in [0.15, 0.2) is 84.9 Å². The summed E-state index contributed by atoms with van der Waals surface area (Å²) in [6.45, 7) is 1.86. The Balaban J connectivity index is 1.70. The van der Waals surface area contributed by atoms with Gasteiger partial charge in [0.15, 0.2) is 0 Å². The van der Waals surface area contributed by atoms with Crippen molar-refractivity contribution in [1.29, 1.82) is 0 Å². The van der Waals surface area contributed by atoms with E-state index in [1.54, 1.807) is 6.07 Å². The van der Waals surface area contributed by atoms with Crippen molar-refractivity contribution in [2.24, 2.45) is 0 Å². The van der Waals surface area contributed by atoms with Gasteiger partial charge in [-0.1, -0.05) is 84.9 Å². The van der Waals surface area contributed by atoms with Gasteiger partial charge in [-0.05, 0) is 36.1 Å². The number of esters is 1. The topological polar surface area (TPSA) is 52.3 Å².